The highest BCUT2D eigenvalue weighted by Gasteiger charge is 2.14. The Hall–Kier alpha value is -4.06. The Bertz CT molecular complexity index is 1110. The molecule has 0 saturated heterocycles. The van der Waals surface area contributed by atoms with E-state index >= 15 is 0 Å². The number of hydrogen-bond acceptors (Lipinski definition) is 4. The normalized spacial score (nSPS) is 12.1. The highest BCUT2D eigenvalue weighted by molar-refractivity contribution is 6.06. The van der Waals surface area contributed by atoms with Crippen LogP contribution in [0.3, 0.4) is 0 Å². The summed E-state index contributed by atoms with van der Waals surface area (Å²) in [4.78, 5) is 23.9. The molecule has 0 atom stereocenters. The summed E-state index contributed by atoms with van der Waals surface area (Å²) in [7, 11) is 0. The minimum Gasteiger partial charge on any atom is -0.478 e. The van der Waals surface area contributed by atoms with Crippen molar-refractivity contribution in [1.29, 1.82) is 0 Å². The Labute approximate surface area is 167 Å². The number of carboxylic acids is 1. The Morgan fingerprint density at radius 1 is 0.897 bits per heavy atom. The largest absolute Gasteiger partial charge is 0.478 e. The SMILES string of the molecule is O=C(/C=C/c1ccc2c(c1)OCO2)Nc1cc(-c2ccccc2)ccc1C(=O)O. The van der Waals surface area contributed by atoms with Crippen LogP contribution in [-0.4, -0.2) is 23.8 Å². The van der Waals surface area contributed by atoms with Gasteiger partial charge in [-0.15, -0.1) is 0 Å². The van der Waals surface area contributed by atoms with Gasteiger partial charge in [-0.1, -0.05) is 42.5 Å². The topological polar surface area (TPSA) is 84.9 Å². The summed E-state index contributed by atoms with van der Waals surface area (Å²) in [5.74, 6) is -0.262. The number of amides is 1. The lowest BCUT2D eigenvalue weighted by molar-refractivity contribution is -0.111. The molecule has 0 spiro atoms. The molecule has 0 aliphatic carbocycles. The summed E-state index contributed by atoms with van der Waals surface area (Å²) in [6.45, 7) is 0.179. The summed E-state index contributed by atoms with van der Waals surface area (Å²) in [5, 5.41) is 12.1. The van der Waals surface area contributed by atoms with E-state index in [2.05, 4.69) is 5.32 Å². The second-order valence-corrected chi connectivity index (χ2v) is 6.37. The molecule has 0 saturated carbocycles. The summed E-state index contributed by atoms with van der Waals surface area (Å²) in [6, 6.07) is 19.7. The molecule has 0 bridgehead atoms. The predicted octanol–water partition coefficient (Wildman–Crippen LogP) is 4.43. The molecule has 3 aromatic rings. The Morgan fingerprint density at radius 2 is 1.69 bits per heavy atom. The fourth-order valence-corrected chi connectivity index (χ4v) is 3.01. The highest BCUT2D eigenvalue weighted by Crippen LogP contribution is 2.33. The molecule has 0 unspecified atom stereocenters. The van der Waals surface area contributed by atoms with Crippen molar-refractivity contribution in [3.63, 3.8) is 0 Å². The van der Waals surface area contributed by atoms with E-state index < -0.39 is 11.9 Å². The van der Waals surface area contributed by atoms with Gasteiger partial charge in [-0.3, -0.25) is 4.79 Å². The Kier molecular flexibility index (Phi) is 4.99. The second kappa shape index (κ2) is 7.90. The van der Waals surface area contributed by atoms with Gasteiger partial charge in [-0.25, -0.2) is 4.79 Å². The van der Waals surface area contributed by atoms with Crippen LogP contribution in [0.15, 0.2) is 72.8 Å². The van der Waals surface area contributed by atoms with E-state index in [1.165, 1.54) is 12.1 Å². The number of carbonyl (C=O) groups is 2. The molecule has 3 aromatic carbocycles. The van der Waals surface area contributed by atoms with Crippen LogP contribution in [0.25, 0.3) is 17.2 Å². The molecule has 0 aromatic heterocycles. The molecule has 1 heterocycles. The van der Waals surface area contributed by atoms with E-state index in [1.807, 2.05) is 30.3 Å². The van der Waals surface area contributed by atoms with Crippen molar-refractivity contribution in [2.45, 2.75) is 0 Å². The molecule has 144 valence electrons. The van der Waals surface area contributed by atoms with Crippen LogP contribution in [0.1, 0.15) is 15.9 Å². The minimum absolute atomic E-state index is 0.0227. The van der Waals surface area contributed by atoms with Crippen molar-refractivity contribution in [3.05, 3.63) is 83.9 Å². The van der Waals surface area contributed by atoms with Crippen molar-refractivity contribution in [2.24, 2.45) is 0 Å². The van der Waals surface area contributed by atoms with Gasteiger partial charge in [0.2, 0.25) is 12.7 Å². The molecule has 1 aliphatic rings. The number of carbonyl (C=O) groups excluding carboxylic acids is 1. The number of anilines is 1. The third-order valence-corrected chi connectivity index (χ3v) is 4.44. The second-order valence-electron chi connectivity index (χ2n) is 6.37. The first-order valence-corrected chi connectivity index (χ1v) is 8.91. The fraction of sp³-hybridized carbons (Fsp3) is 0.0435. The molecule has 0 fully saturated rings. The van der Waals surface area contributed by atoms with E-state index in [0.717, 1.165) is 16.7 Å². The third kappa shape index (κ3) is 4.11. The first-order valence-electron chi connectivity index (χ1n) is 8.91. The number of carboxylic acid groups (broad SMARTS) is 1. The number of nitrogens with one attached hydrogen (secondary N) is 1. The van der Waals surface area contributed by atoms with Gasteiger partial charge in [0.15, 0.2) is 11.5 Å². The maximum atomic E-state index is 12.4. The Morgan fingerprint density at radius 3 is 2.48 bits per heavy atom. The average Bonchev–Trinajstić information content (AvgIpc) is 3.20. The van der Waals surface area contributed by atoms with Crippen molar-refractivity contribution in [1.82, 2.24) is 0 Å². The average molecular weight is 387 g/mol. The molecule has 6 heteroatoms. The molecule has 4 rings (SSSR count). The molecular formula is C23H17NO5. The number of rotatable bonds is 5. The highest BCUT2D eigenvalue weighted by atomic mass is 16.7. The van der Waals surface area contributed by atoms with Gasteiger partial charge in [0.1, 0.15) is 0 Å². The van der Waals surface area contributed by atoms with E-state index in [4.69, 9.17) is 9.47 Å². The number of fused-ring (bicyclic) bond motifs is 1. The monoisotopic (exact) mass is 387 g/mol. The predicted molar refractivity (Wildman–Crippen MR) is 109 cm³/mol. The van der Waals surface area contributed by atoms with Gasteiger partial charge in [-0.05, 0) is 47.0 Å². The van der Waals surface area contributed by atoms with Crippen LogP contribution >= 0.6 is 0 Å². The molecule has 2 N–H and O–H groups in total. The van der Waals surface area contributed by atoms with Crippen LogP contribution in [0.5, 0.6) is 11.5 Å². The van der Waals surface area contributed by atoms with Gasteiger partial charge < -0.3 is 19.9 Å². The summed E-state index contributed by atoms with van der Waals surface area (Å²) < 4.78 is 10.6. The summed E-state index contributed by atoms with van der Waals surface area (Å²) >= 11 is 0. The van der Waals surface area contributed by atoms with Gasteiger partial charge in [-0.2, -0.15) is 0 Å². The van der Waals surface area contributed by atoms with Gasteiger partial charge in [0.05, 0.1) is 11.3 Å². The Balaban J connectivity index is 1.55. The van der Waals surface area contributed by atoms with Gasteiger partial charge in [0.25, 0.3) is 0 Å². The van der Waals surface area contributed by atoms with Crippen LogP contribution in [0, 0.1) is 0 Å². The zero-order valence-corrected chi connectivity index (χ0v) is 15.3. The van der Waals surface area contributed by atoms with Crippen LogP contribution < -0.4 is 14.8 Å². The lowest BCUT2D eigenvalue weighted by Gasteiger charge is -2.10. The number of ether oxygens (including phenoxy) is 2. The van der Waals surface area contributed by atoms with Crippen molar-refractivity contribution < 1.29 is 24.2 Å². The van der Waals surface area contributed by atoms with Gasteiger partial charge in [0, 0.05) is 6.08 Å². The van der Waals surface area contributed by atoms with Crippen LogP contribution in [0.2, 0.25) is 0 Å². The van der Waals surface area contributed by atoms with E-state index in [0.29, 0.717) is 11.5 Å². The van der Waals surface area contributed by atoms with E-state index in [-0.39, 0.29) is 18.0 Å². The molecule has 0 radical (unpaired) electrons. The first kappa shape index (κ1) is 18.3. The quantitative estimate of drug-likeness (QED) is 0.633. The summed E-state index contributed by atoms with van der Waals surface area (Å²) in [5.41, 5.74) is 2.76. The van der Waals surface area contributed by atoms with Crippen LogP contribution in [-0.2, 0) is 4.79 Å². The van der Waals surface area contributed by atoms with Crippen molar-refractivity contribution in [2.75, 3.05) is 12.1 Å². The lowest BCUT2D eigenvalue weighted by atomic mass is 10.0. The standard InChI is InChI=1S/C23H17NO5/c25-22(11-7-15-6-10-20-21(12-15)29-14-28-20)24-19-13-17(8-9-18(19)23(26)27)16-4-2-1-3-5-16/h1-13H,14H2,(H,24,25)(H,26,27)/b11-7+. The fourth-order valence-electron chi connectivity index (χ4n) is 3.01. The van der Waals surface area contributed by atoms with E-state index in [9.17, 15) is 14.7 Å². The molecule has 1 amide bonds. The molecule has 1 aliphatic heterocycles. The number of hydrogen-bond donors (Lipinski definition) is 2. The molecular weight excluding hydrogens is 370 g/mol. The van der Waals surface area contributed by atoms with Crippen molar-refractivity contribution in [3.8, 4) is 22.6 Å². The smallest absolute Gasteiger partial charge is 0.337 e. The lowest BCUT2D eigenvalue weighted by Crippen LogP contribution is -2.12. The van der Waals surface area contributed by atoms with Crippen molar-refractivity contribution >= 4 is 23.6 Å². The number of aromatic carboxylic acids is 1. The third-order valence-electron chi connectivity index (χ3n) is 4.44. The van der Waals surface area contributed by atoms with E-state index in [1.54, 1.807) is 36.4 Å². The maximum absolute atomic E-state index is 12.4. The zero-order chi connectivity index (χ0) is 20.2. The van der Waals surface area contributed by atoms with Gasteiger partial charge >= 0.3 is 5.97 Å². The molecule has 6 nitrogen and oxygen atoms in total. The maximum Gasteiger partial charge on any atom is 0.337 e. The molecule has 29 heavy (non-hydrogen) atoms. The van der Waals surface area contributed by atoms with Crippen LogP contribution in [0.4, 0.5) is 5.69 Å². The summed E-state index contributed by atoms with van der Waals surface area (Å²) in [6.07, 6.45) is 2.97. The minimum atomic E-state index is -1.11. The number of benzene rings is 3. The first-order chi connectivity index (χ1) is 14.1. The zero-order valence-electron chi connectivity index (χ0n) is 15.3.